The Hall–Kier alpha value is -3.21. The van der Waals surface area contributed by atoms with Crippen LogP contribution in [0.25, 0.3) is 10.9 Å². The molecule has 136 valence electrons. The summed E-state index contributed by atoms with van der Waals surface area (Å²) >= 11 is 0. The fourth-order valence-electron chi connectivity index (χ4n) is 3.09. The number of nitrogens with zero attached hydrogens (tertiary/aromatic N) is 1. The Labute approximate surface area is 157 Å². The standard InChI is InChI=1S/C22H21N3O2/c1-13-3-10-20-18(11-13)19(12-14(2)23-20)22(27)25-17-8-6-16(7-9-17)24-21(26)15-4-5-15/h3,6-12,15H,4-5H2,1-2H3,(H,24,26)(H,25,27). The summed E-state index contributed by atoms with van der Waals surface area (Å²) < 4.78 is 0. The first-order valence-electron chi connectivity index (χ1n) is 9.10. The number of pyridine rings is 1. The summed E-state index contributed by atoms with van der Waals surface area (Å²) in [6.07, 6.45) is 1.94. The number of hydrogen-bond acceptors (Lipinski definition) is 3. The number of rotatable bonds is 4. The van der Waals surface area contributed by atoms with Gasteiger partial charge in [0.2, 0.25) is 5.91 Å². The van der Waals surface area contributed by atoms with E-state index in [-0.39, 0.29) is 17.7 Å². The van der Waals surface area contributed by atoms with Crippen molar-refractivity contribution in [3.05, 3.63) is 65.4 Å². The minimum absolute atomic E-state index is 0.0703. The number of fused-ring (bicyclic) bond motifs is 1. The van der Waals surface area contributed by atoms with Crippen LogP contribution in [0.1, 0.15) is 34.5 Å². The SMILES string of the molecule is Cc1ccc2nc(C)cc(C(=O)Nc3ccc(NC(=O)C4CC4)cc3)c2c1. The molecule has 0 aliphatic heterocycles. The number of benzene rings is 2. The van der Waals surface area contributed by atoms with E-state index in [1.165, 1.54) is 0 Å². The molecule has 0 bridgehead atoms. The van der Waals surface area contributed by atoms with E-state index in [0.717, 1.165) is 40.7 Å². The van der Waals surface area contributed by atoms with Crippen molar-refractivity contribution in [2.24, 2.45) is 5.92 Å². The highest BCUT2D eigenvalue weighted by Gasteiger charge is 2.29. The van der Waals surface area contributed by atoms with Crippen LogP contribution < -0.4 is 10.6 Å². The van der Waals surface area contributed by atoms with Crippen LogP contribution in [-0.2, 0) is 4.79 Å². The molecule has 2 aromatic carbocycles. The molecule has 0 atom stereocenters. The van der Waals surface area contributed by atoms with Gasteiger partial charge in [0.05, 0.1) is 11.1 Å². The number of nitrogens with one attached hydrogen (secondary N) is 2. The van der Waals surface area contributed by atoms with Gasteiger partial charge in [-0.15, -0.1) is 0 Å². The third-order valence-electron chi connectivity index (χ3n) is 4.70. The molecular weight excluding hydrogens is 338 g/mol. The first-order valence-corrected chi connectivity index (χ1v) is 9.10. The molecule has 5 nitrogen and oxygen atoms in total. The average molecular weight is 359 g/mol. The summed E-state index contributed by atoms with van der Waals surface area (Å²) in [6, 6.07) is 14.9. The van der Waals surface area contributed by atoms with Gasteiger partial charge in [0, 0.05) is 28.4 Å². The Morgan fingerprint density at radius 1 is 0.926 bits per heavy atom. The van der Waals surface area contributed by atoms with Crippen LogP contribution in [0.5, 0.6) is 0 Å². The maximum Gasteiger partial charge on any atom is 0.256 e. The Morgan fingerprint density at radius 2 is 1.59 bits per heavy atom. The molecule has 1 heterocycles. The van der Waals surface area contributed by atoms with Crippen molar-refractivity contribution in [2.45, 2.75) is 26.7 Å². The lowest BCUT2D eigenvalue weighted by molar-refractivity contribution is -0.117. The minimum Gasteiger partial charge on any atom is -0.326 e. The summed E-state index contributed by atoms with van der Waals surface area (Å²) in [7, 11) is 0. The van der Waals surface area contributed by atoms with Crippen LogP contribution in [-0.4, -0.2) is 16.8 Å². The first kappa shape index (κ1) is 17.2. The van der Waals surface area contributed by atoms with Crippen molar-refractivity contribution in [1.82, 2.24) is 4.98 Å². The van der Waals surface area contributed by atoms with Crippen molar-refractivity contribution in [1.29, 1.82) is 0 Å². The highest BCUT2D eigenvalue weighted by molar-refractivity contribution is 6.12. The number of carbonyl (C=O) groups excluding carboxylic acids is 2. The Kier molecular flexibility index (Phi) is 4.36. The maximum absolute atomic E-state index is 12.8. The van der Waals surface area contributed by atoms with Crippen LogP contribution in [0.3, 0.4) is 0 Å². The van der Waals surface area contributed by atoms with Gasteiger partial charge in [-0.1, -0.05) is 11.6 Å². The second-order valence-electron chi connectivity index (χ2n) is 7.13. The number of carbonyl (C=O) groups is 2. The average Bonchev–Trinajstić information content (AvgIpc) is 3.48. The quantitative estimate of drug-likeness (QED) is 0.723. The number of hydrogen-bond donors (Lipinski definition) is 2. The third-order valence-corrected chi connectivity index (χ3v) is 4.70. The lowest BCUT2D eigenvalue weighted by atomic mass is 10.0. The Balaban J connectivity index is 1.54. The van der Waals surface area contributed by atoms with Crippen molar-refractivity contribution < 1.29 is 9.59 Å². The molecular formula is C22H21N3O2. The zero-order valence-corrected chi connectivity index (χ0v) is 15.4. The number of amides is 2. The lowest BCUT2D eigenvalue weighted by Crippen LogP contribution is -2.14. The van der Waals surface area contributed by atoms with Gasteiger partial charge in [0.15, 0.2) is 0 Å². The minimum atomic E-state index is -0.175. The normalized spacial score (nSPS) is 13.4. The van der Waals surface area contributed by atoms with Gasteiger partial charge in [-0.25, -0.2) is 0 Å². The van der Waals surface area contributed by atoms with E-state index in [4.69, 9.17) is 0 Å². The molecule has 1 aromatic heterocycles. The highest BCUT2D eigenvalue weighted by Crippen LogP contribution is 2.30. The van der Waals surface area contributed by atoms with Gasteiger partial charge in [0.25, 0.3) is 5.91 Å². The Bertz CT molecular complexity index is 1040. The van der Waals surface area contributed by atoms with Crippen molar-refractivity contribution in [3.8, 4) is 0 Å². The number of aryl methyl sites for hydroxylation is 2. The molecule has 3 aromatic rings. The van der Waals surface area contributed by atoms with E-state index >= 15 is 0 Å². The summed E-state index contributed by atoms with van der Waals surface area (Å²) in [5, 5.41) is 6.67. The fourth-order valence-corrected chi connectivity index (χ4v) is 3.09. The zero-order chi connectivity index (χ0) is 19.0. The number of anilines is 2. The summed E-state index contributed by atoms with van der Waals surface area (Å²) in [4.78, 5) is 29.2. The van der Waals surface area contributed by atoms with Gasteiger partial charge in [-0.05, 0) is 69.2 Å². The van der Waals surface area contributed by atoms with Crippen LogP contribution in [0.15, 0.2) is 48.5 Å². The number of aromatic nitrogens is 1. The van der Waals surface area contributed by atoms with Gasteiger partial charge in [-0.2, -0.15) is 0 Å². The van der Waals surface area contributed by atoms with E-state index in [9.17, 15) is 9.59 Å². The predicted octanol–water partition coefficient (Wildman–Crippen LogP) is 4.45. The summed E-state index contributed by atoms with van der Waals surface area (Å²) in [5.41, 5.74) is 4.72. The molecule has 0 radical (unpaired) electrons. The fraction of sp³-hybridized carbons (Fsp3) is 0.227. The molecule has 4 rings (SSSR count). The van der Waals surface area contributed by atoms with Gasteiger partial charge in [-0.3, -0.25) is 14.6 Å². The molecule has 0 unspecified atom stereocenters. The van der Waals surface area contributed by atoms with E-state index in [2.05, 4.69) is 15.6 Å². The van der Waals surface area contributed by atoms with Crippen LogP contribution in [0, 0.1) is 19.8 Å². The van der Waals surface area contributed by atoms with Crippen molar-refractivity contribution >= 4 is 34.1 Å². The lowest BCUT2D eigenvalue weighted by Gasteiger charge is -2.11. The summed E-state index contributed by atoms with van der Waals surface area (Å²) in [5.74, 6) is 0.0581. The monoisotopic (exact) mass is 359 g/mol. The first-order chi connectivity index (χ1) is 13.0. The second-order valence-corrected chi connectivity index (χ2v) is 7.13. The van der Waals surface area contributed by atoms with E-state index in [1.807, 2.05) is 32.0 Å². The molecule has 1 saturated carbocycles. The van der Waals surface area contributed by atoms with Gasteiger partial charge >= 0.3 is 0 Å². The zero-order valence-electron chi connectivity index (χ0n) is 15.4. The predicted molar refractivity (Wildman–Crippen MR) is 107 cm³/mol. The summed E-state index contributed by atoms with van der Waals surface area (Å²) in [6.45, 7) is 3.88. The molecule has 1 aliphatic rings. The topological polar surface area (TPSA) is 71.1 Å². The molecule has 1 aliphatic carbocycles. The molecule has 2 N–H and O–H groups in total. The van der Waals surface area contributed by atoms with E-state index in [1.54, 1.807) is 30.3 Å². The molecule has 2 amide bonds. The third kappa shape index (κ3) is 3.82. The van der Waals surface area contributed by atoms with E-state index < -0.39 is 0 Å². The largest absolute Gasteiger partial charge is 0.326 e. The molecule has 27 heavy (non-hydrogen) atoms. The van der Waals surface area contributed by atoms with Crippen LogP contribution in [0.2, 0.25) is 0 Å². The van der Waals surface area contributed by atoms with Crippen molar-refractivity contribution in [3.63, 3.8) is 0 Å². The Morgan fingerprint density at radius 3 is 2.26 bits per heavy atom. The van der Waals surface area contributed by atoms with Crippen molar-refractivity contribution in [2.75, 3.05) is 10.6 Å². The molecule has 1 fully saturated rings. The molecule has 0 spiro atoms. The van der Waals surface area contributed by atoms with Gasteiger partial charge in [0.1, 0.15) is 0 Å². The smallest absolute Gasteiger partial charge is 0.256 e. The maximum atomic E-state index is 12.8. The van der Waals surface area contributed by atoms with Crippen LogP contribution >= 0.6 is 0 Å². The molecule has 0 saturated heterocycles. The highest BCUT2D eigenvalue weighted by atomic mass is 16.2. The second kappa shape index (κ2) is 6.83. The van der Waals surface area contributed by atoms with E-state index in [0.29, 0.717) is 11.3 Å². The van der Waals surface area contributed by atoms with Gasteiger partial charge < -0.3 is 10.6 Å². The molecule has 5 heteroatoms. The van der Waals surface area contributed by atoms with Crippen LogP contribution in [0.4, 0.5) is 11.4 Å².